The average Bonchev–Trinajstić information content (AvgIpc) is 3.18. The molecule has 33 heavy (non-hydrogen) atoms. The Hall–Kier alpha value is -4.12. The van der Waals surface area contributed by atoms with Gasteiger partial charge in [-0.2, -0.15) is 10.4 Å². The van der Waals surface area contributed by atoms with Gasteiger partial charge in [0, 0.05) is 24.2 Å². The maximum Gasteiger partial charge on any atom is 0.322 e. The molecule has 8 nitrogen and oxygen atoms in total. The summed E-state index contributed by atoms with van der Waals surface area (Å²) >= 11 is 0. The average molecular weight is 445 g/mol. The number of nitriles is 1. The number of carbonyl (C=O) groups excluding carboxylic acids is 2. The Morgan fingerprint density at radius 2 is 1.76 bits per heavy atom. The molecule has 0 radical (unpaired) electrons. The number of amides is 3. The fraction of sp³-hybridized carbons (Fsp3) is 0.280. The van der Waals surface area contributed by atoms with Gasteiger partial charge in [-0.25, -0.2) is 9.48 Å². The monoisotopic (exact) mass is 444 g/mol. The van der Waals surface area contributed by atoms with E-state index in [9.17, 15) is 9.59 Å². The maximum atomic E-state index is 12.8. The van der Waals surface area contributed by atoms with Crippen LogP contribution in [0.25, 0.3) is 5.69 Å². The van der Waals surface area contributed by atoms with E-state index in [1.807, 2.05) is 43.3 Å². The van der Waals surface area contributed by atoms with Gasteiger partial charge in [0.2, 0.25) is 5.91 Å². The number of nitrogens with one attached hydrogen (secondary N) is 2. The topological polar surface area (TPSA) is 103 Å². The van der Waals surface area contributed by atoms with Crippen molar-refractivity contribution in [2.45, 2.75) is 33.1 Å². The number of hydrogen-bond donors (Lipinski definition) is 2. The van der Waals surface area contributed by atoms with Crippen LogP contribution in [0.1, 0.15) is 37.6 Å². The molecule has 0 saturated heterocycles. The highest BCUT2D eigenvalue weighted by molar-refractivity contribution is 5.96. The highest BCUT2D eigenvalue weighted by Crippen LogP contribution is 2.27. The van der Waals surface area contributed by atoms with Crippen molar-refractivity contribution in [1.29, 1.82) is 5.26 Å². The lowest BCUT2D eigenvalue weighted by molar-refractivity contribution is -0.116. The molecule has 0 bridgehead atoms. The van der Waals surface area contributed by atoms with Gasteiger partial charge in [0.15, 0.2) is 0 Å². The molecule has 1 heterocycles. The first-order chi connectivity index (χ1) is 15.6. The van der Waals surface area contributed by atoms with Crippen LogP contribution in [-0.4, -0.2) is 40.2 Å². The number of hydrogen-bond acceptors (Lipinski definition) is 4. The van der Waals surface area contributed by atoms with Crippen LogP contribution in [0.4, 0.5) is 16.3 Å². The zero-order valence-electron chi connectivity index (χ0n) is 19.5. The van der Waals surface area contributed by atoms with Gasteiger partial charge in [-0.1, -0.05) is 39.0 Å². The number of aryl methyl sites for hydroxylation is 1. The van der Waals surface area contributed by atoms with Gasteiger partial charge in [0.25, 0.3) is 0 Å². The minimum Gasteiger partial charge on any atom is -0.318 e. The van der Waals surface area contributed by atoms with Gasteiger partial charge in [-0.15, -0.1) is 0 Å². The van der Waals surface area contributed by atoms with Crippen molar-refractivity contribution >= 4 is 23.4 Å². The van der Waals surface area contributed by atoms with Crippen LogP contribution in [0.3, 0.4) is 0 Å². The molecule has 3 amide bonds. The third-order valence-corrected chi connectivity index (χ3v) is 5.08. The Bertz CT molecular complexity index is 1200. The van der Waals surface area contributed by atoms with Crippen LogP contribution < -0.4 is 10.6 Å². The minimum atomic E-state index is -0.433. The summed E-state index contributed by atoms with van der Waals surface area (Å²) in [6.45, 7) is 8.02. The molecular weight excluding hydrogens is 416 g/mol. The SMILES string of the molecule is Cc1ccccc1-n1nc(C(C)(C)C)cc1NC(=O)CN(C)C(=O)Nc1ccc(C#N)cc1. The van der Waals surface area contributed by atoms with E-state index in [0.717, 1.165) is 16.9 Å². The maximum absolute atomic E-state index is 12.8. The van der Waals surface area contributed by atoms with Gasteiger partial charge in [0.1, 0.15) is 12.4 Å². The van der Waals surface area contributed by atoms with Gasteiger partial charge in [0.05, 0.1) is 23.0 Å². The first-order valence-electron chi connectivity index (χ1n) is 10.6. The molecule has 3 aromatic rings. The summed E-state index contributed by atoms with van der Waals surface area (Å²) in [7, 11) is 1.54. The Labute approximate surface area is 193 Å². The number of nitrogens with zero attached hydrogens (tertiary/aromatic N) is 4. The van der Waals surface area contributed by atoms with E-state index in [1.54, 1.807) is 28.9 Å². The fourth-order valence-corrected chi connectivity index (χ4v) is 3.14. The van der Waals surface area contributed by atoms with E-state index in [-0.39, 0.29) is 17.9 Å². The first-order valence-corrected chi connectivity index (χ1v) is 10.6. The van der Waals surface area contributed by atoms with Gasteiger partial charge in [-0.05, 0) is 42.8 Å². The van der Waals surface area contributed by atoms with E-state index in [1.165, 1.54) is 11.9 Å². The van der Waals surface area contributed by atoms with Crippen LogP contribution in [0.15, 0.2) is 54.6 Å². The number of carbonyl (C=O) groups is 2. The summed E-state index contributed by atoms with van der Waals surface area (Å²) in [5.41, 5.74) is 3.57. The smallest absolute Gasteiger partial charge is 0.318 e. The number of urea groups is 1. The molecule has 0 unspecified atom stereocenters. The van der Waals surface area contributed by atoms with Crippen molar-refractivity contribution in [3.05, 3.63) is 71.4 Å². The zero-order chi connectivity index (χ0) is 24.2. The summed E-state index contributed by atoms with van der Waals surface area (Å²) in [4.78, 5) is 26.5. The van der Waals surface area contributed by atoms with Crippen molar-refractivity contribution in [2.24, 2.45) is 0 Å². The molecule has 0 spiro atoms. The number of para-hydroxylation sites is 1. The van der Waals surface area contributed by atoms with E-state index >= 15 is 0 Å². The van der Waals surface area contributed by atoms with E-state index in [4.69, 9.17) is 10.4 Å². The molecule has 0 atom stereocenters. The molecule has 0 aliphatic carbocycles. The van der Waals surface area contributed by atoms with Crippen molar-refractivity contribution in [3.63, 3.8) is 0 Å². The van der Waals surface area contributed by atoms with Crippen LogP contribution in [0.5, 0.6) is 0 Å². The Balaban J connectivity index is 1.73. The van der Waals surface area contributed by atoms with Gasteiger partial charge in [-0.3, -0.25) is 4.79 Å². The second-order valence-electron chi connectivity index (χ2n) is 8.89. The molecule has 1 aromatic heterocycles. The fourth-order valence-electron chi connectivity index (χ4n) is 3.14. The third kappa shape index (κ3) is 5.77. The molecular formula is C25H28N6O2. The van der Waals surface area contributed by atoms with Crippen molar-refractivity contribution in [3.8, 4) is 11.8 Å². The normalized spacial score (nSPS) is 10.9. The zero-order valence-corrected chi connectivity index (χ0v) is 19.5. The highest BCUT2D eigenvalue weighted by atomic mass is 16.2. The van der Waals surface area contributed by atoms with Crippen molar-refractivity contribution in [1.82, 2.24) is 14.7 Å². The Morgan fingerprint density at radius 3 is 2.36 bits per heavy atom. The predicted octanol–water partition coefficient (Wildman–Crippen LogP) is 4.45. The summed E-state index contributed by atoms with van der Waals surface area (Å²) in [6.07, 6.45) is 0. The first kappa shape index (κ1) is 23.5. The van der Waals surface area contributed by atoms with Crippen molar-refractivity contribution in [2.75, 3.05) is 24.2 Å². The quantitative estimate of drug-likeness (QED) is 0.607. The van der Waals surface area contributed by atoms with Crippen molar-refractivity contribution < 1.29 is 9.59 Å². The molecule has 0 aliphatic heterocycles. The second kappa shape index (κ2) is 9.57. The minimum absolute atomic E-state index is 0.147. The highest BCUT2D eigenvalue weighted by Gasteiger charge is 2.22. The molecule has 170 valence electrons. The van der Waals surface area contributed by atoms with E-state index in [2.05, 4.69) is 31.4 Å². The number of benzene rings is 2. The largest absolute Gasteiger partial charge is 0.322 e. The van der Waals surface area contributed by atoms with Crippen LogP contribution >= 0.6 is 0 Å². The lowest BCUT2D eigenvalue weighted by atomic mass is 9.92. The molecule has 2 aromatic carbocycles. The van der Waals surface area contributed by atoms with Gasteiger partial charge < -0.3 is 15.5 Å². The molecule has 3 rings (SSSR count). The van der Waals surface area contributed by atoms with E-state index in [0.29, 0.717) is 17.1 Å². The predicted molar refractivity (Wildman–Crippen MR) is 128 cm³/mol. The molecule has 2 N–H and O–H groups in total. The number of likely N-dealkylation sites (N-methyl/N-ethyl adjacent to an activating group) is 1. The van der Waals surface area contributed by atoms with Crippen LogP contribution in [0, 0.1) is 18.3 Å². The molecule has 0 saturated carbocycles. The lowest BCUT2D eigenvalue weighted by Crippen LogP contribution is -2.37. The second-order valence-corrected chi connectivity index (χ2v) is 8.89. The summed E-state index contributed by atoms with van der Waals surface area (Å²) < 4.78 is 1.73. The standard InChI is InChI=1S/C25H28N6O2/c1-17-8-6-7-9-20(17)31-22(14-21(29-31)25(2,3)4)28-23(32)16-30(5)24(33)27-19-12-10-18(15-26)11-13-19/h6-14H,16H2,1-5H3,(H,27,33)(H,28,32). The van der Waals surface area contributed by atoms with Crippen LogP contribution in [-0.2, 0) is 10.2 Å². The summed E-state index contributed by atoms with van der Waals surface area (Å²) in [5.74, 6) is 0.197. The summed E-state index contributed by atoms with van der Waals surface area (Å²) in [6, 6.07) is 17.8. The summed E-state index contributed by atoms with van der Waals surface area (Å²) in [5, 5.41) is 19.2. The third-order valence-electron chi connectivity index (χ3n) is 5.08. The molecule has 8 heteroatoms. The Kier molecular flexibility index (Phi) is 6.83. The number of rotatable bonds is 5. The number of aromatic nitrogens is 2. The Morgan fingerprint density at radius 1 is 1.09 bits per heavy atom. The molecule has 0 fully saturated rings. The van der Waals surface area contributed by atoms with Crippen LogP contribution in [0.2, 0.25) is 0 Å². The molecule has 0 aliphatic rings. The number of anilines is 2. The lowest BCUT2D eigenvalue weighted by Gasteiger charge is -2.18. The van der Waals surface area contributed by atoms with E-state index < -0.39 is 6.03 Å². The van der Waals surface area contributed by atoms with Gasteiger partial charge >= 0.3 is 6.03 Å².